The van der Waals surface area contributed by atoms with Gasteiger partial charge in [-0.3, -0.25) is 4.57 Å². The lowest BCUT2D eigenvalue weighted by atomic mass is 10.2. The molecule has 3 unspecified atom stereocenters. The molecule has 0 saturated heterocycles. The van der Waals surface area contributed by atoms with Gasteiger partial charge in [-0.15, -0.1) is 0 Å². The minimum Gasteiger partial charge on any atom is -0.756 e. The topological polar surface area (TPSA) is 84.9 Å². The van der Waals surface area contributed by atoms with Crippen molar-refractivity contribution in [2.75, 3.05) is 34.4 Å². The van der Waals surface area contributed by atoms with E-state index in [1.807, 2.05) is 28.1 Å². The zero-order valence-corrected chi connectivity index (χ0v) is 14.5. The molecule has 0 aliphatic rings. The lowest BCUT2D eigenvalue weighted by molar-refractivity contribution is -0.897. The van der Waals surface area contributed by atoms with Crippen molar-refractivity contribution in [1.29, 1.82) is 0 Å². The number of quaternary nitrogens is 1. The van der Waals surface area contributed by atoms with E-state index in [0.29, 0.717) is 4.48 Å². The minimum atomic E-state index is -4.43. The van der Waals surface area contributed by atoms with E-state index >= 15 is 0 Å². The third-order valence-corrected chi connectivity index (χ3v) is 4.20. The van der Waals surface area contributed by atoms with Gasteiger partial charge in [0.2, 0.25) is 0 Å². The number of hydrogen-bond acceptors (Lipinski definition) is 6. The number of phosphoric ester groups is 1. The molecule has 0 bridgehead atoms. The number of ether oxygens (including phenoxy) is 1. The molecule has 0 aromatic rings. The van der Waals surface area contributed by atoms with Gasteiger partial charge in [0.25, 0.3) is 7.82 Å². The summed E-state index contributed by atoms with van der Waals surface area (Å²) in [5.74, 6) is -0.590. The summed E-state index contributed by atoms with van der Waals surface area (Å²) >= 11 is 0. The monoisotopic (exact) mass is 323 g/mol. The van der Waals surface area contributed by atoms with Crippen LogP contribution in [0.2, 0.25) is 0 Å². The molecule has 0 fully saturated rings. The van der Waals surface area contributed by atoms with Crippen LogP contribution in [0.5, 0.6) is 0 Å². The number of phosphoric acid groups is 1. The third kappa shape index (κ3) is 8.34. The molecule has 0 radical (unpaired) electrons. The van der Waals surface area contributed by atoms with Gasteiger partial charge in [0.05, 0.1) is 27.7 Å². The molecule has 0 aliphatic carbocycles. The second-order valence-electron chi connectivity index (χ2n) is 5.86. The van der Waals surface area contributed by atoms with Gasteiger partial charge in [0.15, 0.2) is 0 Å². The third-order valence-electron chi connectivity index (χ3n) is 3.11. The van der Waals surface area contributed by atoms with Crippen molar-refractivity contribution in [3.8, 4) is 0 Å². The Morgan fingerprint density at radius 1 is 1.29 bits per heavy atom. The highest BCUT2D eigenvalue weighted by atomic mass is 31.2. The number of esters is 1. The summed E-state index contributed by atoms with van der Waals surface area (Å²) in [4.78, 5) is 22.8. The van der Waals surface area contributed by atoms with Crippen molar-refractivity contribution >= 4 is 13.8 Å². The van der Waals surface area contributed by atoms with Gasteiger partial charge in [0.1, 0.15) is 18.8 Å². The molecule has 3 atom stereocenters. The average Bonchev–Trinajstić information content (AvgIpc) is 2.31. The largest absolute Gasteiger partial charge is 0.756 e. The van der Waals surface area contributed by atoms with Crippen LogP contribution in [-0.4, -0.2) is 57.0 Å². The Hall–Kier alpha value is -0.720. The molecular formula is C13H26NO6P. The van der Waals surface area contributed by atoms with Crippen LogP contribution in [0.1, 0.15) is 20.8 Å². The van der Waals surface area contributed by atoms with Crippen molar-refractivity contribution in [2.24, 2.45) is 0 Å². The first-order valence-electron chi connectivity index (χ1n) is 6.64. The highest BCUT2D eigenvalue weighted by Crippen LogP contribution is 2.40. The van der Waals surface area contributed by atoms with E-state index in [9.17, 15) is 14.3 Å². The molecule has 0 rings (SSSR count). The molecule has 0 aromatic carbocycles. The van der Waals surface area contributed by atoms with Crippen molar-refractivity contribution < 1.29 is 32.5 Å². The molecule has 0 N–H and O–H groups in total. The van der Waals surface area contributed by atoms with E-state index in [4.69, 9.17) is 9.26 Å². The average molecular weight is 323 g/mol. The quantitative estimate of drug-likeness (QED) is 0.208. The number of rotatable bonds is 9. The van der Waals surface area contributed by atoms with Gasteiger partial charge < -0.3 is 23.2 Å². The van der Waals surface area contributed by atoms with Crippen molar-refractivity contribution in [1.82, 2.24) is 0 Å². The Morgan fingerprint density at radius 2 is 1.81 bits per heavy atom. The van der Waals surface area contributed by atoms with E-state index in [1.54, 1.807) is 6.92 Å². The normalized spacial score (nSPS) is 17.7. The van der Waals surface area contributed by atoms with Crippen LogP contribution in [0.3, 0.4) is 0 Å². The lowest BCUT2D eigenvalue weighted by Crippen LogP contribution is -2.49. The maximum atomic E-state index is 11.7. The van der Waals surface area contributed by atoms with Crippen molar-refractivity contribution in [3.05, 3.63) is 12.2 Å². The molecule has 8 heteroatoms. The van der Waals surface area contributed by atoms with Gasteiger partial charge in [-0.1, -0.05) is 6.58 Å². The Labute approximate surface area is 126 Å². The zero-order chi connectivity index (χ0) is 16.8. The number of carbonyl (C=O) groups excluding carboxylic acids is 1. The Kier molecular flexibility index (Phi) is 7.78. The summed E-state index contributed by atoms with van der Waals surface area (Å²) in [7, 11) is 1.40. The fourth-order valence-electron chi connectivity index (χ4n) is 1.36. The number of carbonyl (C=O) groups is 1. The number of hydrogen-bond donors (Lipinski definition) is 0. The van der Waals surface area contributed by atoms with E-state index in [-0.39, 0.29) is 24.8 Å². The Morgan fingerprint density at radius 3 is 2.24 bits per heavy atom. The smallest absolute Gasteiger partial charge is 0.333 e. The maximum Gasteiger partial charge on any atom is 0.333 e. The molecule has 0 aromatic heterocycles. The zero-order valence-electron chi connectivity index (χ0n) is 13.6. The Balaban J connectivity index is 4.23. The van der Waals surface area contributed by atoms with Crippen LogP contribution in [0, 0.1) is 0 Å². The highest BCUT2D eigenvalue weighted by Gasteiger charge is 2.28. The van der Waals surface area contributed by atoms with Crippen LogP contribution in [0.15, 0.2) is 12.2 Å². The van der Waals surface area contributed by atoms with E-state index in [0.717, 1.165) is 0 Å². The first-order chi connectivity index (χ1) is 9.37. The van der Waals surface area contributed by atoms with Gasteiger partial charge in [-0.2, -0.15) is 0 Å². The molecule has 7 nitrogen and oxygen atoms in total. The standard InChI is InChI=1S/C13H26NO6P/c1-10(2)13(15)18-8-9-19-21(16,17)20-12(4)11(3)14(5,6)7/h11-12H,1,8-9H2,2-7H3. The van der Waals surface area contributed by atoms with Crippen LogP contribution in [0.25, 0.3) is 0 Å². The van der Waals surface area contributed by atoms with Crippen LogP contribution < -0.4 is 4.89 Å². The SMILES string of the molecule is C=C(C)C(=O)OCCOP(=O)([O-])OC(C)C(C)[N+](C)(C)C. The van der Waals surface area contributed by atoms with Crippen molar-refractivity contribution in [3.63, 3.8) is 0 Å². The second kappa shape index (κ2) is 8.06. The summed E-state index contributed by atoms with van der Waals surface area (Å²) in [6, 6.07) is -0.0443. The van der Waals surface area contributed by atoms with Gasteiger partial charge in [-0.05, 0) is 20.8 Å². The van der Waals surface area contributed by atoms with E-state index < -0.39 is 19.9 Å². The number of likely N-dealkylation sites (N-methyl/N-ethyl adjacent to an activating group) is 1. The molecule has 0 amide bonds. The van der Waals surface area contributed by atoms with E-state index in [1.165, 1.54) is 6.92 Å². The molecule has 0 heterocycles. The predicted molar refractivity (Wildman–Crippen MR) is 77.4 cm³/mol. The summed E-state index contributed by atoms with van der Waals surface area (Å²) in [5.41, 5.74) is 0.238. The molecule has 124 valence electrons. The minimum absolute atomic E-state index is 0.0443. The molecular weight excluding hydrogens is 297 g/mol. The first-order valence-corrected chi connectivity index (χ1v) is 8.10. The summed E-state index contributed by atoms with van der Waals surface area (Å²) < 4.78 is 26.6. The summed E-state index contributed by atoms with van der Waals surface area (Å²) in [6.07, 6.45) is -0.536. The summed E-state index contributed by atoms with van der Waals surface area (Å²) in [5, 5.41) is 0. The Bertz CT molecular complexity index is 417. The number of nitrogens with zero attached hydrogens (tertiary/aromatic N) is 1. The molecule has 0 aliphatic heterocycles. The van der Waals surface area contributed by atoms with Crippen molar-refractivity contribution in [2.45, 2.75) is 32.9 Å². The predicted octanol–water partition coefficient (Wildman–Crippen LogP) is 1.09. The summed E-state index contributed by atoms with van der Waals surface area (Å²) in [6.45, 7) is 8.00. The fourth-order valence-corrected chi connectivity index (χ4v) is 2.30. The van der Waals surface area contributed by atoms with E-state index in [2.05, 4.69) is 11.1 Å². The van der Waals surface area contributed by atoms with Gasteiger partial charge in [0, 0.05) is 5.57 Å². The molecule has 0 saturated carbocycles. The maximum absolute atomic E-state index is 11.7. The van der Waals surface area contributed by atoms with Gasteiger partial charge >= 0.3 is 5.97 Å². The molecule has 0 spiro atoms. The molecule has 21 heavy (non-hydrogen) atoms. The van der Waals surface area contributed by atoms with Crippen LogP contribution in [-0.2, 0) is 23.1 Å². The van der Waals surface area contributed by atoms with Crippen LogP contribution in [0.4, 0.5) is 0 Å². The van der Waals surface area contributed by atoms with Gasteiger partial charge in [-0.25, -0.2) is 4.79 Å². The highest BCUT2D eigenvalue weighted by molar-refractivity contribution is 7.45. The first kappa shape index (κ1) is 20.3. The second-order valence-corrected chi connectivity index (χ2v) is 7.23. The van der Waals surface area contributed by atoms with Crippen LogP contribution >= 0.6 is 7.82 Å². The fraction of sp³-hybridized carbons (Fsp3) is 0.769. The lowest BCUT2D eigenvalue weighted by Gasteiger charge is -2.37.